The highest BCUT2D eigenvalue weighted by molar-refractivity contribution is 6.17. The van der Waals surface area contributed by atoms with Crippen LogP contribution >= 0.6 is 0 Å². The Labute approximate surface area is 448 Å². The Kier molecular flexibility index (Phi) is 10.7. The van der Waals surface area contributed by atoms with Crippen LogP contribution in [0.15, 0.2) is 285 Å². The third kappa shape index (κ3) is 7.95. The van der Waals surface area contributed by atoms with E-state index in [0.717, 1.165) is 17.7 Å². The molecular formula is C76H50O. The third-order valence-electron chi connectivity index (χ3n) is 16.2. The highest BCUT2D eigenvalue weighted by Crippen LogP contribution is 2.45. The van der Waals surface area contributed by atoms with Crippen molar-refractivity contribution in [3.8, 4) is 66.8 Å². The van der Waals surface area contributed by atoms with E-state index in [1.54, 1.807) is 0 Å². The van der Waals surface area contributed by atoms with E-state index < -0.39 is 0 Å². The molecule has 0 saturated heterocycles. The minimum atomic E-state index is -0.106. The summed E-state index contributed by atoms with van der Waals surface area (Å²) in [5.74, 6) is 0.927. The molecule has 77 heavy (non-hydrogen) atoms. The van der Waals surface area contributed by atoms with E-state index >= 15 is 0 Å². The first-order valence-corrected chi connectivity index (χ1v) is 26.8. The predicted octanol–water partition coefficient (Wildman–Crippen LogP) is 21.1. The topological polar surface area (TPSA) is 9.23 Å². The Morgan fingerprint density at radius 3 is 1.19 bits per heavy atom. The number of hydrogen-bond donors (Lipinski definition) is 0. The second-order valence-electron chi connectivity index (χ2n) is 20.6. The normalized spacial score (nSPS) is 13.5. The smallest absolute Gasteiger partial charge is 0.127 e. The molecule has 0 radical (unpaired) electrons. The van der Waals surface area contributed by atoms with Gasteiger partial charge in [0.05, 0.1) is 0 Å². The predicted molar refractivity (Wildman–Crippen MR) is 327 cm³/mol. The zero-order chi connectivity index (χ0) is 50.8. The van der Waals surface area contributed by atoms with E-state index in [4.69, 9.17) is 4.74 Å². The standard InChI is InChI=1S/C76H50O/c1-3-13-49(14-4-1)51-25-29-55(30-26-51)71-47-61-43-59(35-37-67(61)69-39-33-57(45-73(69)71)65-23-11-19-53-17-7-9-21-63(53)65)75-41-42-76(77-75)60-36-38-68-62(44-60)48-72(56-31-27-52(28-32-56)50-15-5-2-6-16-50)74-46-58(34-40-70(68)74)66-24-12-20-54-18-8-10-22-64(54)66/h1-41,43-48,76H,42H2. The van der Waals surface area contributed by atoms with Crippen LogP contribution < -0.4 is 0 Å². The molecule has 0 N–H and O–H groups in total. The molecule has 360 valence electrons. The summed E-state index contributed by atoms with van der Waals surface area (Å²) in [7, 11) is 0. The summed E-state index contributed by atoms with van der Waals surface area (Å²) < 4.78 is 7.01. The van der Waals surface area contributed by atoms with Gasteiger partial charge in [0.25, 0.3) is 0 Å². The third-order valence-corrected chi connectivity index (χ3v) is 16.2. The van der Waals surface area contributed by atoms with Crippen LogP contribution in [0.3, 0.4) is 0 Å². The first-order valence-electron chi connectivity index (χ1n) is 26.8. The lowest BCUT2D eigenvalue weighted by Gasteiger charge is -2.18. The van der Waals surface area contributed by atoms with Crippen LogP contribution in [0.25, 0.3) is 137 Å². The summed E-state index contributed by atoms with van der Waals surface area (Å²) in [6.45, 7) is 0. The minimum absolute atomic E-state index is 0.106. The lowest BCUT2D eigenvalue weighted by Crippen LogP contribution is -1.98. The van der Waals surface area contributed by atoms with Crippen LogP contribution in [0.1, 0.15) is 23.7 Å². The van der Waals surface area contributed by atoms with Crippen molar-refractivity contribution >= 4 is 70.4 Å². The van der Waals surface area contributed by atoms with Crippen molar-refractivity contribution in [1.82, 2.24) is 0 Å². The molecule has 14 aromatic carbocycles. The summed E-state index contributed by atoms with van der Waals surface area (Å²) >= 11 is 0. The maximum absolute atomic E-state index is 7.01. The molecule has 0 spiro atoms. The van der Waals surface area contributed by atoms with E-state index in [0.29, 0.717) is 0 Å². The van der Waals surface area contributed by atoms with Gasteiger partial charge in [-0.1, -0.05) is 243 Å². The van der Waals surface area contributed by atoms with E-state index in [2.05, 4.69) is 285 Å². The Hall–Kier alpha value is -9.82. The largest absolute Gasteiger partial charge is 0.485 e. The number of ether oxygens (including phenoxy) is 1. The van der Waals surface area contributed by atoms with Crippen molar-refractivity contribution in [3.63, 3.8) is 0 Å². The minimum Gasteiger partial charge on any atom is -0.485 e. The zero-order valence-corrected chi connectivity index (χ0v) is 42.3. The van der Waals surface area contributed by atoms with Crippen LogP contribution in [0.5, 0.6) is 0 Å². The Morgan fingerprint density at radius 1 is 0.234 bits per heavy atom. The van der Waals surface area contributed by atoms with Gasteiger partial charge in [0.1, 0.15) is 11.9 Å². The number of rotatable bonds is 8. The molecule has 0 saturated carbocycles. The second kappa shape index (κ2) is 18.5. The van der Waals surface area contributed by atoms with Crippen LogP contribution in [0.4, 0.5) is 0 Å². The van der Waals surface area contributed by atoms with Crippen LogP contribution in [0.2, 0.25) is 0 Å². The van der Waals surface area contributed by atoms with Gasteiger partial charge in [-0.25, -0.2) is 0 Å². The Balaban J connectivity index is 0.796. The molecule has 0 fully saturated rings. The van der Waals surface area contributed by atoms with Gasteiger partial charge >= 0.3 is 0 Å². The lowest BCUT2D eigenvalue weighted by molar-refractivity contribution is 0.195. The number of hydrogen-bond acceptors (Lipinski definition) is 1. The van der Waals surface area contributed by atoms with Crippen molar-refractivity contribution < 1.29 is 4.74 Å². The summed E-state index contributed by atoms with van der Waals surface area (Å²) in [6.07, 6.45) is 2.97. The maximum Gasteiger partial charge on any atom is 0.127 e. The second-order valence-corrected chi connectivity index (χ2v) is 20.6. The maximum atomic E-state index is 7.01. The molecule has 1 unspecified atom stereocenters. The average molecular weight is 979 g/mol. The van der Waals surface area contributed by atoms with E-state index in [1.165, 1.54) is 137 Å². The monoisotopic (exact) mass is 978 g/mol. The molecular weight excluding hydrogens is 929 g/mol. The highest BCUT2D eigenvalue weighted by Gasteiger charge is 2.23. The van der Waals surface area contributed by atoms with Gasteiger partial charge in [-0.3, -0.25) is 0 Å². The Bertz CT molecular complexity index is 4630. The van der Waals surface area contributed by atoms with Crippen LogP contribution in [-0.4, -0.2) is 0 Å². The molecule has 15 rings (SSSR count). The van der Waals surface area contributed by atoms with Gasteiger partial charge in [0.2, 0.25) is 0 Å². The van der Waals surface area contributed by atoms with Gasteiger partial charge in [0.15, 0.2) is 0 Å². The van der Waals surface area contributed by atoms with Crippen LogP contribution in [-0.2, 0) is 4.74 Å². The van der Waals surface area contributed by atoms with Crippen molar-refractivity contribution in [2.45, 2.75) is 12.5 Å². The molecule has 0 bridgehead atoms. The van der Waals surface area contributed by atoms with E-state index in [-0.39, 0.29) is 6.10 Å². The highest BCUT2D eigenvalue weighted by atomic mass is 16.5. The van der Waals surface area contributed by atoms with E-state index in [9.17, 15) is 0 Å². The fraction of sp³-hybridized carbons (Fsp3) is 0.0263. The van der Waals surface area contributed by atoms with Gasteiger partial charge in [-0.15, -0.1) is 0 Å². The molecule has 1 heterocycles. The van der Waals surface area contributed by atoms with Crippen molar-refractivity contribution in [2.75, 3.05) is 0 Å². The fourth-order valence-electron chi connectivity index (χ4n) is 12.3. The molecule has 1 aliphatic heterocycles. The zero-order valence-electron chi connectivity index (χ0n) is 42.3. The number of benzene rings is 14. The molecule has 0 aliphatic carbocycles. The lowest BCUT2D eigenvalue weighted by atomic mass is 9.88. The van der Waals surface area contributed by atoms with Crippen molar-refractivity contribution in [2.24, 2.45) is 0 Å². The summed E-state index contributed by atoms with van der Waals surface area (Å²) in [5.41, 5.74) is 16.8. The molecule has 1 nitrogen and oxygen atoms in total. The van der Waals surface area contributed by atoms with Crippen molar-refractivity contribution in [1.29, 1.82) is 0 Å². The van der Waals surface area contributed by atoms with E-state index in [1.807, 2.05) is 0 Å². The SMILES string of the molecule is C1=C(c2ccc3c(c2)cc(-c2ccc(-c4ccccc4)cc2)c2cc(-c4cccc5ccccc45)ccc23)OC(c2ccc3c(c2)cc(-c2ccc(-c4ccccc4)cc2)c2cc(-c4cccc5ccccc45)ccc23)C1. The molecule has 14 aromatic rings. The quantitative estimate of drug-likeness (QED) is 0.138. The van der Waals surface area contributed by atoms with Crippen molar-refractivity contribution in [3.05, 3.63) is 296 Å². The molecule has 0 amide bonds. The average Bonchev–Trinajstić information content (AvgIpc) is 4.03. The van der Waals surface area contributed by atoms with Gasteiger partial charge < -0.3 is 4.74 Å². The van der Waals surface area contributed by atoms with Gasteiger partial charge in [-0.2, -0.15) is 0 Å². The first-order chi connectivity index (χ1) is 38.1. The summed E-state index contributed by atoms with van der Waals surface area (Å²) in [4.78, 5) is 0. The van der Waals surface area contributed by atoms with Crippen LogP contribution in [0, 0.1) is 0 Å². The molecule has 1 atom stereocenters. The van der Waals surface area contributed by atoms with Gasteiger partial charge in [0, 0.05) is 12.0 Å². The first kappa shape index (κ1) is 44.6. The van der Waals surface area contributed by atoms with Gasteiger partial charge in [-0.05, 0) is 179 Å². The fourth-order valence-corrected chi connectivity index (χ4v) is 12.3. The molecule has 1 aliphatic rings. The molecule has 0 aromatic heterocycles. The number of fused-ring (bicyclic) bond motifs is 8. The summed E-state index contributed by atoms with van der Waals surface area (Å²) in [5, 5.41) is 14.8. The summed E-state index contributed by atoms with van der Waals surface area (Å²) in [6, 6.07) is 103. The molecule has 1 heteroatoms. The Morgan fingerprint density at radius 2 is 0.649 bits per heavy atom.